The van der Waals surface area contributed by atoms with E-state index in [9.17, 15) is 0 Å². The van der Waals surface area contributed by atoms with E-state index in [-0.39, 0.29) is 5.54 Å². The summed E-state index contributed by atoms with van der Waals surface area (Å²) in [5.74, 6) is 1.33. The summed E-state index contributed by atoms with van der Waals surface area (Å²) in [5.41, 5.74) is 6.25. The third kappa shape index (κ3) is 3.73. The van der Waals surface area contributed by atoms with Gasteiger partial charge in [-0.3, -0.25) is 4.99 Å². The van der Waals surface area contributed by atoms with Crippen LogP contribution < -0.4 is 9.64 Å². The van der Waals surface area contributed by atoms with Gasteiger partial charge in [-0.1, -0.05) is 19.1 Å². The second kappa shape index (κ2) is 7.38. The number of fused-ring (bicyclic) bond motifs is 1. The van der Waals surface area contributed by atoms with Crippen LogP contribution in [0, 0.1) is 6.92 Å². The lowest BCUT2D eigenvalue weighted by molar-refractivity contribution is 0.356. The molecule has 3 nitrogen and oxygen atoms in total. The van der Waals surface area contributed by atoms with E-state index in [4.69, 9.17) is 9.73 Å². The number of nitrogens with zero attached hydrogens (tertiary/aromatic N) is 2. The molecule has 1 aliphatic rings. The van der Waals surface area contributed by atoms with Crippen LogP contribution in [0.3, 0.4) is 0 Å². The Morgan fingerprint density at radius 3 is 2.59 bits per heavy atom. The highest BCUT2D eigenvalue weighted by atomic mass is 16.5. The summed E-state index contributed by atoms with van der Waals surface area (Å²) < 4.78 is 5.41. The smallest absolute Gasteiger partial charge is 0.144 e. The van der Waals surface area contributed by atoms with Crippen molar-refractivity contribution in [2.45, 2.75) is 65.5 Å². The van der Waals surface area contributed by atoms with Crippen molar-refractivity contribution in [1.82, 2.24) is 0 Å². The molecule has 0 bridgehead atoms. The number of methoxy groups -OCH3 is 1. The zero-order valence-electron chi connectivity index (χ0n) is 17.7. The molecule has 1 unspecified atom stereocenters. The van der Waals surface area contributed by atoms with Gasteiger partial charge in [0, 0.05) is 23.5 Å². The molecule has 1 heterocycles. The van der Waals surface area contributed by atoms with Crippen molar-refractivity contribution >= 4 is 17.6 Å². The molecular formula is C24H32N2O. The first-order valence-corrected chi connectivity index (χ1v) is 9.85. The van der Waals surface area contributed by atoms with Gasteiger partial charge in [0.2, 0.25) is 0 Å². The van der Waals surface area contributed by atoms with Gasteiger partial charge >= 0.3 is 0 Å². The topological polar surface area (TPSA) is 24.8 Å². The van der Waals surface area contributed by atoms with Gasteiger partial charge in [0.05, 0.1) is 7.11 Å². The Kier molecular flexibility index (Phi) is 5.32. The van der Waals surface area contributed by atoms with E-state index in [0.717, 1.165) is 17.9 Å². The minimum atomic E-state index is 0.167. The second-order valence-corrected chi connectivity index (χ2v) is 8.58. The maximum absolute atomic E-state index is 5.41. The summed E-state index contributed by atoms with van der Waals surface area (Å²) in [5, 5.41) is 0. The van der Waals surface area contributed by atoms with E-state index < -0.39 is 0 Å². The number of rotatable bonds is 4. The number of benzene rings is 2. The van der Waals surface area contributed by atoms with E-state index >= 15 is 0 Å². The second-order valence-electron chi connectivity index (χ2n) is 8.58. The lowest BCUT2D eigenvalue weighted by Crippen LogP contribution is -2.51. The van der Waals surface area contributed by atoms with Crippen LogP contribution in [0.4, 0.5) is 11.4 Å². The van der Waals surface area contributed by atoms with Crippen LogP contribution in [0.25, 0.3) is 0 Å². The monoisotopic (exact) mass is 364 g/mol. The van der Waals surface area contributed by atoms with Gasteiger partial charge in [-0.15, -0.1) is 0 Å². The normalized spacial score (nSPS) is 18.8. The Balaban J connectivity index is 2.04. The highest BCUT2D eigenvalue weighted by Gasteiger charge is 2.37. The van der Waals surface area contributed by atoms with Gasteiger partial charge in [0.1, 0.15) is 11.4 Å². The Morgan fingerprint density at radius 1 is 1.22 bits per heavy atom. The van der Waals surface area contributed by atoms with Crippen molar-refractivity contribution < 1.29 is 4.74 Å². The first kappa shape index (κ1) is 19.5. The number of aryl methyl sites for hydroxylation is 1. The maximum atomic E-state index is 5.41. The van der Waals surface area contributed by atoms with Gasteiger partial charge in [0.15, 0.2) is 0 Å². The number of aliphatic imine (C=N–C) groups is 1. The quantitative estimate of drug-likeness (QED) is 0.599. The molecule has 0 aliphatic carbocycles. The summed E-state index contributed by atoms with van der Waals surface area (Å²) >= 11 is 0. The van der Waals surface area contributed by atoms with E-state index in [1.54, 1.807) is 7.11 Å². The first-order valence-electron chi connectivity index (χ1n) is 9.85. The lowest BCUT2D eigenvalue weighted by atomic mass is 9.78. The van der Waals surface area contributed by atoms with Gasteiger partial charge in [-0.25, -0.2) is 0 Å². The molecule has 0 fully saturated rings. The standard InChI is InChI=1S/C24H32N2O/c1-16(2)26-22-12-17(3)19(13-20(22)18(4)14-24(26,5)6)15-25-21-10-8-9-11-23(21)27-7/h8-13,15-16,18H,14H2,1-7H3. The molecule has 0 saturated heterocycles. The van der Waals surface area contributed by atoms with E-state index in [1.807, 2.05) is 30.5 Å². The Labute approximate surface area is 164 Å². The molecule has 1 atom stereocenters. The lowest BCUT2D eigenvalue weighted by Gasteiger charge is -2.50. The number of hydrogen-bond acceptors (Lipinski definition) is 3. The minimum absolute atomic E-state index is 0.167. The highest BCUT2D eigenvalue weighted by Crippen LogP contribution is 2.45. The first-order chi connectivity index (χ1) is 12.7. The van der Waals surface area contributed by atoms with Crippen LogP contribution in [-0.4, -0.2) is 24.9 Å². The number of ether oxygens (including phenoxy) is 1. The summed E-state index contributed by atoms with van der Waals surface area (Å²) in [4.78, 5) is 7.28. The van der Waals surface area contributed by atoms with Gasteiger partial charge in [-0.2, -0.15) is 0 Å². The molecule has 0 N–H and O–H groups in total. The van der Waals surface area contributed by atoms with Crippen LogP contribution in [0.2, 0.25) is 0 Å². The van der Waals surface area contributed by atoms with Crippen LogP contribution in [-0.2, 0) is 0 Å². The largest absolute Gasteiger partial charge is 0.494 e. The maximum Gasteiger partial charge on any atom is 0.144 e. The summed E-state index contributed by atoms with van der Waals surface area (Å²) in [7, 11) is 1.68. The summed E-state index contributed by atoms with van der Waals surface area (Å²) in [6.07, 6.45) is 3.13. The molecule has 0 spiro atoms. The Bertz CT molecular complexity index is 851. The fraction of sp³-hybridized carbons (Fsp3) is 0.458. The molecule has 0 radical (unpaired) electrons. The molecule has 3 heteroatoms. The van der Waals surface area contributed by atoms with Gasteiger partial charge in [-0.05, 0) is 87.9 Å². The third-order valence-electron chi connectivity index (χ3n) is 5.61. The highest BCUT2D eigenvalue weighted by molar-refractivity contribution is 5.86. The molecule has 1 aliphatic heterocycles. The molecule has 2 aromatic carbocycles. The molecule has 144 valence electrons. The average Bonchev–Trinajstić information content (AvgIpc) is 2.59. The van der Waals surface area contributed by atoms with Crippen molar-refractivity contribution in [3.63, 3.8) is 0 Å². The molecule has 0 saturated carbocycles. The predicted octanol–water partition coefficient (Wildman–Crippen LogP) is 6.25. The van der Waals surface area contributed by atoms with Gasteiger partial charge in [0.25, 0.3) is 0 Å². The van der Waals surface area contributed by atoms with Crippen molar-refractivity contribution in [3.8, 4) is 5.75 Å². The Morgan fingerprint density at radius 2 is 1.93 bits per heavy atom. The molecule has 2 aromatic rings. The fourth-order valence-electron chi connectivity index (χ4n) is 4.61. The zero-order valence-corrected chi connectivity index (χ0v) is 17.7. The SMILES string of the molecule is COc1ccccc1N=Cc1cc2c(cc1C)N(C(C)C)C(C)(C)CC2C. The van der Waals surface area contributed by atoms with Crippen LogP contribution in [0.5, 0.6) is 5.75 Å². The molecule has 3 rings (SSSR count). The van der Waals surface area contributed by atoms with Crippen molar-refractivity contribution in [2.24, 2.45) is 4.99 Å². The Hall–Kier alpha value is -2.29. The number of anilines is 1. The van der Waals surface area contributed by atoms with Crippen LogP contribution in [0.1, 0.15) is 63.6 Å². The minimum Gasteiger partial charge on any atom is -0.494 e. The zero-order chi connectivity index (χ0) is 19.8. The van der Waals surface area contributed by atoms with E-state index in [2.05, 4.69) is 58.6 Å². The molecule has 27 heavy (non-hydrogen) atoms. The van der Waals surface area contributed by atoms with E-state index in [1.165, 1.54) is 22.4 Å². The summed E-state index contributed by atoms with van der Waals surface area (Å²) in [6, 6.07) is 13.0. The van der Waals surface area contributed by atoms with Crippen LogP contribution in [0.15, 0.2) is 41.4 Å². The average molecular weight is 365 g/mol. The molecular weight excluding hydrogens is 332 g/mol. The van der Waals surface area contributed by atoms with Gasteiger partial charge < -0.3 is 9.64 Å². The number of hydrogen-bond donors (Lipinski definition) is 0. The number of para-hydroxylation sites is 2. The van der Waals surface area contributed by atoms with E-state index in [0.29, 0.717) is 12.0 Å². The van der Waals surface area contributed by atoms with Crippen molar-refractivity contribution in [1.29, 1.82) is 0 Å². The fourth-order valence-corrected chi connectivity index (χ4v) is 4.61. The molecule has 0 amide bonds. The predicted molar refractivity (Wildman–Crippen MR) is 116 cm³/mol. The summed E-state index contributed by atoms with van der Waals surface area (Å²) in [6.45, 7) is 13.8. The third-order valence-corrected chi connectivity index (χ3v) is 5.61. The van der Waals surface area contributed by atoms with Crippen molar-refractivity contribution in [2.75, 3.05) is 12.0 Å². The van der Waals surface area contributed by atoms with Crippen LogP contribution >= 0.6 is 0 Å². The van der Waals surface area contributed by atoms with Crippen molar-refractivity contribution in [3.05, 3.63) is 53.1 Å². The molecule has 0 aromatic heterocycles.